The lowest BCUT2D eigenvalue weighted by Crippen LogP contribution is -2.30. The molecule has 7 heteroatoms. The first-order valence-electron chi connectivity index (χ1n) is 4.93. The molecule has 0 fully saturated rings. The Balaban J connectivity index is 2.39. The summed E-state index contributed by atoms with van der Waals surface area (Å²) < 4.78 is 23.6. The van der Waals surface area contributed by atoms with Gasteiger partial charge in [0.05, 0.1) is 11.6 Å². The van der Waals surface area contributed by atoms with Gasteiger partial charge in [-0.3, -0.25) is 4.79 Å². The number of rotatable bonds is 3. The molecule has 0 radical (unpaired) electrons. The first kappa shape index (κ1) is 12.4. The number of ketones is 1. The van der Waals surface area contributed by atoms with Crippen molar-refractivity contribution in [3.63, 3.8) is 0 Å². The van der Waals surface area contributed by atoms with Crippen LogP contribution in [0.1, 0.15) is 12.5 Å². The highest BCUT2D eigenvalue weighted by Gasteiger charge is 2.34. The third kappa shape index (κ3) is 2.29. The summed E-state index contributed by atoms with van der Waals surface area (Å²) in [5.74, 6) is -0.749. The van der Waals surface area contributed by atoms with Gasteiger partial charge in [-0.1, -0.05) is 11.6 Å². The van der Waals surface area contributed by atoms with Crippen molar-refractivity contribution in [2.24, 2.45) is 0 Å². The van der Waals surface area contributed by atoms with E-state index >= 15 is 0 Å². The first-order valence-corrected chi connectivity index (χ1v) is 5.31. The highest BCUT2D eigenvalue weighted by molar-refractivity contribution is 6.65. The van der Waals surface area contributed by atoms with Gasteiger partial charge in [-0.15, -0.1) is 0 Å². The van der Waals surface area contributed by atoms with Crippen LogP contribution in [-0.4, -0.2) is 24.5 Å². The maximum absolute atomic E-state index is 13.6. The zero-order valence-electron chi connectivity index (χ0n) is 9.00. The predicted octanol–water partition coefficient (Wildman–Crippen LogP) is 0.665. The molecule has 0 unspecified atom stereocenters. The fourth-order valence-electron chi connectivity index (χ4n) is 1.59. The van der Waals surface area contributed by atoms with Gasteiger partial charge in [0.25, 0.3) is 0 Å². The second-order valence-electron chi connectivity index (χ2n) is 3.72. The van der Waals surface area contributed by atoms with E-state index in [1.807, 2.05) is 0 Å². The van der Waals surface area contributed by atoms with Crippen molar-refractivity contribution in [2.45, 2.75) is 13.5 Å². The summed E-state index contributed by atoms with van der Waals surface area (Å²) in [7, 11) is -1.26. The lowest BCUT2D eigenvalue weighted by atomic mass is 9.79. The van der Waals surface area contributed by atoms with Crippen molar-refractivity contribution < 1.29 is 23.6 Å². The van der Waals surface area contributed by atoms with Gasteiger partial charge in [0.1, 0.15) is 18.2 Å². The second-order valence-corrected chi connectivity index (χ2v) is 4.09. The fraction of sp³-hybridized carbons (Fsp3) is 0.300. The van der Waals surface area contributed by atoms with Crippen molar-refractivity contribution >= 4 is 30.0 Å². The van der Waals surface area contributed by atoms with Gasteiger partial charge in [0.15, 0.2) is 5.78 Å². The predicted molar refractivity (Wildman–Crippen MR) is 60.0 cm³/mol. The van der Waals surface area contributed by atoms with Crippen LogP contribution in [0.3, 0.4) is 0 Å². The summed E-state index contributed by atoms with van der Waals surface area (Å²) in [6, 6.07) is 1.09. The van der Waals surface area contributed by atoms with Crippen LogP contribution < -0.4 is 10.2 Å². The smallest absolute Gasteiger partial charge is 0.484 e. The van der Waals surface area contributed by atoms with Crippen LogP contribution in [0.2, 0.25) is 5.02 Å². The molecule has 0 atom stereocenters. The van der Waals surface area contributed by atoms with E-state index in [0.29, 0.717) is 0 Å². The standard InChI is InChI=1S/C10H9BClFO4/c1-5(14)3-16-8-2-7(13)6-4-17-11(15)9(6)10(8)12/h2,15H,3-4H2,1H3. The van der Waals surface area contributed by atoms with Crippen LogP contribution >= 0.6 is 11.6 Å². The summed E-state index contributed by atoms with van der Waals surface area (Å²) in [6.07, 6.45) is 0. The topological polar surface area (TPSA) is 55.8 Å². The van der Waals surface area contributed by atoms with Crippen molar-refractivity contribution in [3.8, 4) is 5.75 Å². The number of halogens is 2. The molecule has 0 bridgehead atoms. The molecule has 1 aliphatic heterocycles. The summed E-state index contributed by atoms with van der Waals surface area (Å²) >= 11 is 5.96. The minimum Gasteiger partial charge on any atom is -0.484 e. The zero-order chi connectivity index (χ0) is 12.6. The van der Waals surface area contributed by atoms with Gasteiger partial charge in [-0.05, 0) is 6.92 Å². The molecule has 1 heterocycles. The van der Waals surface area contributed by atoms with Crippen LogP contribution in [0.15, 0.2) is 6.07 Å². The Morgan fingerprint density at radius 3 is 3.12 bits per heavy atom. The molecule has 0 saturated heterocycles. The van der Waals surface area contributed by atoms with E-state index in [4.69, 9.17) is 21.0 Å². The Morgan fingerprint density at radius 2 is 2.47 bits per heavy atom. The van der Waals surface area contributed by atoms with Crippen molar-refractivity contribution in [1.82, 2.24) is 0 Å². The molecule has 2 rings (SSSR count). The van der Waals surface area contributed by atoms with E-state index in [1.54, 1.807) is 0 Å². The average molecular weight is 258 g/mol. The summed E-state index contributed by atoms with van der Waals surface area (Å²) in [4.78, 5) is 10.8. The van der Waals surface area contributed by atoms with Crippen LogP contribution in [-0.2, 0) is 16.1 Å². The van der Waals surface area contributed by atoms with Gasteiger partial charge in [-0.25, -0.2) is 4.39 Å². The average Bonchev–Trinajstić information content (AvgIpc) is 2.64. The Labute approximate surface area is 102 Å². The molecule has 1 N–H and O–H groups in total. The van der Waals surface area contributed by atoms with Gasteiger partial charge in [0, 0.05) is 17.1 Å². The Bertz CT molecular complexity index is 480. The third-order valence-corrected chi connectivity index (χ3v) is 2.78. The molecule has 1 aliphatic rings. The quantitative estimate of drug-likeness (QED) is 0.810. The number of ether oxygens (including phenoxy) is 1. The zero-order valence-corrected chi connectivity index (χ0v) is 9.75. The van der Waals surface area contributed by atoms with E-state index in [1.165, 1.54) is 6.92 Å². The molecule has 1 aromatic carbocycles. The third-order valence-electron chi connectivity index (χ3n) is 2.39. The van der Waals surface area contributed by atoms with E-state index < -0.39 is 12.9 Å². The molecule has 17 heavy (non-hydrogen) atoms. The molecule has 4 nitrogen and oxygen atoms in total. The van der Waals surface area contributed by atoms with E-state index in [9.17, 15) is 14.2 Å². The number of carbonyl (C=O) groups excluding carboxylic acids is 1. The van der Waals surface area contributed by atoms with E-state index in [2.05, 4.69) is 0 Å². The number of fused-ring (bicyclic) bond motifs is 1. The summed E-state index contributed by atoms with van der Waals surface area (Å²) in [6.45, 7) is 1.11. The molecule has 0 aliphatic carbocycles. The number of carbonyl (C=O) groups is 1. The molecule has 0 aromatic heterocycles. The molecule has 0 amide bonds. The number of hydrogen-bond donors (Lipinski definition) is 1. The summed E-state index contributed by atoms with van der Waals surface area (Å²) in [5, 5.41) is 9.57. The Morgan fingerprint density at radius 1 is 1.76 bits per heavy atom. The fourth-order valence-corrected chi connectivity index (χ4v) is 1.91. The highest BCUT2D eigenvalue weighted by Crippen LogP contribution is 2.29. The number of benzene rings is 1. The maximum Gasteiger partial charge on any atom is 0.493 e. The molecule has 90 valence electrons. The van der Waals surface area contributed by atoms with Crippen molar-refractivity contribution in [1.29, 1.82) is 0 Å². The van der Waals surface area contributed by atoms with Crippen LogP contribution in [0, 0.1) is 5.82 Å². The van der Waals surface area contributed by atoms with E-state index in [0.717, 1.165) is 6.07 Å². The minimum atomic E-state index is -1.26. The first-order chi connectivity index (χ1) is 8.00. The molecule has 1 aromatic rings. The van der Waals surface area contributed by atoms with Gasteiger partial charge < -0.3 is 14.4 Å². The lowest BCUT2D eigenvalue weighted by Gasteiger charge is -2.10. The Hall–Kier alpha value is -1.11. The second kappa shape index (κ2) is 4.64. The van der Waals surface area contributed by atoms with Gasteiger partial charge >= 0.3 is 7.12 Å². The van der Waals surface area contributed by atoms with Gasteiger partial charge in [-0.2, -0.15) is 0 Å². The minimum absolute atomic E-state index is 0.0302. The molecule has 0 saturated carbocycles. The van der Waals surface area contributed by atoms with Crippen LogP contribution in [0.5, 0.6) is 5.75 Å². The largest absolute Gasteiger partial charge is 0.493 e. The maximum atomic E-state index is 13.6. The van der Waals surface area contributed by atoms with E-state index in [-0.39, 0.29) is 40.8 Å². The monoisotopic (exact) mass is 258 g/mol. The molecular formula is C10H9BClFO4. The Kier molecular flexibility index (Phi) is 3.37. The number of Topliss-reactive ketones (excluding diaryl/α,β-unsaturated/α-hetero) is 1. The lowest BCUT2D eigenvalue weighted by molar-refractivity contribution is -0.118. The SMILES string of the molecule is CC(=O)COc1cc(F)c2c(c1Cl)B(O)OC2. The van der Waals surface area contributed by atoms with Crippen molar-refractivity contribution in [2.75, 3.05) is 6.61 Å². The molecule has 0 spiro atoms. The van der Waals surface area contributed by atoms with Gasteiger partial charge in [0.2, 0.25) is 0 Å². The molecular weight excluding hydrogens is 249 g/mol. The van der Waals surface area contributed by atoms with Crippen molar-refractivity contribution in [3.05, 3.63) is 22.5 Å². The number of hydrogen-bond acceptors (Lipinski definition) is 4. The summed E-state index contributed by atoms with van der Waals surface area (Å²) in [5.41, 5.74) is 0.392. The highest BCUT2D eigenvalue weighted by atomic mass is 35.5. The van der Waals surface area contributed by atoms with Crippen LogP contribution in [0.25, 0.3) is 0 Å². The van der Waals surface area contributed by atoms with Crippen LogP contribution in [0.4, 0.5) is 4.39 Å². The normalized spacial score (nSPS) is 13.8.